The molecule has 0 aliphatic carbocycles. The van der Waals surface area contributed by atoms with Crippen LogP contribution < -0.4 is 4.74 Å². The predicted octanol–water partition coefficient (Wildman–Crippen LogP) is 3.01. The van der Waals surface area contributed by atoms with Crippen molar-refractivity contribution in [3.63, 3.8) is 0 Å². The van der Waals surface area contributed by atoms with Crippen LogP contribution in [0.5, 0.6) is 5.75 Å². The number of rotatable bonds is 3. The van der Waals surface area contributed by atoms with Crippen molar-refractivity contribution < 1.29 is 4.74 Å². The molecule has 0 atom stereocenters. The van der Waals surface area contributed by atoms with Crippen LogP contribution in [-0.2, 0) is 6.42 Å². The lowest BCUT2D eigenvalue weighted by molar-refractivity contribution is 0.415. The van der Waals surface area contributed by atoms with E-state index in [1.165, 1.54) is 10.9 Å². The van der Waals surface area contributed by atoms with E-state index < -0.39 is 0 Å². The molecule has 77 valence electrons. The quantitative estimate of drug-likeness (QED) is 0.759. The molecule has 2 heteroatoms. The number of pyridine rings is 1. The molecule has 1 heterocycles. The molecule has 0 saturated heterocycles. The number of nitrogens with zero attached hydrogens (tertiary/aromatic N) is 1. The van der Waals surface area contributed by atoms with Crippen molar-refractivity contribution in [2.45, 2.75) is 12.8 Å². The van der Waals surface area contributed by atoms with E-state index in [4.69, 9.17) is 4.74 Å². The Morgan fingerprint density at radius 3 is 2.93 bits per heavy atom. The Morgan fingerprint density at radius 1 is 1.33 bits per heavy atom. The van der Waals surface area contributed by atoms with Crippen molar-refractivity contribution in [3.8, 4) is 5.75 Å². The number of fused-ring (bicyclic) bond motifs is 1. The van der Waals surface area contributed by atoms with Crippen LogP contribution in [0.15, 0.2) is 30.5 Å². The number of methoxy groups -OCH3 is 1. The molecule has 0 aliphatic heterocycles. The summed E-state index contributed by atoms with van der Waals surface area (Å²) in [6, 6.07) is 8.05. The van der Waals surface area contributed by atoms with Crippen molar-refractivity contribution in [3.05, 3.63) is 42.9 Å². The first kappa shape index (κ1) is 9.97. The van der Waals surface area contributed by atoms with Crippen molar-refractivity contribution in [1.82, 2.24) is 4.98 Å². The third kappa shape index (κ3) is 1.94. The fourth-order valence-electron chi connectivity index (χ4n) is 1.72. The third-order valence-corrected chi connectivity index (χ3v) is 2.49. The molecule has 1 radical (unpaired) electrons. The highest BCUT2D eigenvalue weighted by Gasteiger charge is 2.02. The molecule has 0 N–H and O–H groups in total. The van der Waals surface area contributed by atoms with Gasteiger partial charge in [0.05, 0.1) is 12.6 Å². The summed E-state index contributed by atoms with van der Waals surface area (Å²) < 4.78 is 5.17. The zero-order valence-electron chi connectivity index (χ0n) is 8.86. The second kappa shape index (κ2) is 4.30. The Balaban J connectivity index is 2.56. The summed E-state index contributed by atoms with van der Waals surface area (Å²) in [7, 11) is 1.67. The van der Waals surface area contributed by atoms with Crippen LogP contribution in [0.1, 0.15) is 12.0 Å². The first-order valence-corrected chi connectivity index (χ1v) is 5.06. The molecule has 2 aromatic rings. The molecule has 0 bridgehead atoms. The summed E-state index contributed by atoms with van der Waals surface area (Å²) in [4.78, 5) is 4.33. The Hall–Kier alpha value is -1.57. The van der Waals surface area contributed by atoms with Gasteiger partial charge in [0.25, 0.3) is 0 Å². The minimum Gasteiger partial charge on any atom is -0.497 e. The van der Waals surface area contributed by atoms with Gasteiger partial charge >= 0.3 is 0 Å². The Morgan fingerprint density at radius 2 is 2.20 bits per heavy atom. The average molecular weight is 200 g/mol. The first-order valence-electron chi connectivity index (χ1n) is 5.06. The lowest BCUT2D eigenvalue weighted by Gasteiger charge is -2.06. The highest BCUT2D eigenvalue weighted by molar-refractivity contribution is 5.83. The highest BCUT2D eigenvalue weighted by atomic mass is 16.5. The standard InChI is InChI=1S/C13H14NO/c1-3-4-10-7-8-14-13-9-11(15-2)5-6-12(10)13/h5-9H,1,3-4H2,2H3. The molecule has 0 amide bonds. The molecule has 0 unspecified atom stereocenters. The molecule has 2 nitrogen and oxygen atoms in total. The number of ether oxygens (including phenoxy) is 1. The molecule has 0 saturated carbocycles. The van der Waals surface area contributed by atoms with Crippen LogP contribution in [0.25, 0.3) is 10.9 Å². The zero-order valence-corrected chi connectivity index (χ0v) is 8.86. The first-order chi connectivity index (χ1) is 7.35. The van der Waals surface area contributed by atoms with Crippen molar-refractivity contribution in [1.29, 1.82) is 0 Å². The van der Waals surface area contributed by atoms with E-state index in [9.17, 15) is 0 Å². The fourth-order valence-corrected chi connectivity index (χ4v) is 1.72. The van der Waals surface area contributed by atoms with Crippen LogP contribution >= 0.6 is 0 Å². The van der Waals surface area contributed by atoms with Crippen LogP contribution in [0.3, 0.4) is 0 Å². The van der Waals surface area contributed by atoms with E-state index in [0.717, 1.165) is 24.1 Å². The molecule has 0 spiro atoms. The molecular formula is C13H14NO. The van der Waals surface area contributed by atoms with Crippen LogP contribution in [0, 0.1) is 6.92 Å². The Bertz CT molecular complexity index is 465. The van der Waals surface area contributed by atoms with Gasteiger partial charge in [-0.25, -0.2) is 0 Å². The maximum absolute atomic E-state index is 5.17. The van der Waals surface area contributed by atoms with Gasteiger partial charge in [0, 0.05) is 17.6 Å². The maximum atomic E-state index is 5.17. The van der Waals surface area contributed by atoms with Gasteiger partial charge in [-0.2, -0.15) is 0 Å². The van der Waals surface area contributed by atoms with Crippen LogP contribution in [0.2, 0.25) is 0 Å². The van der Waals surface area contributed by atoms with Crippen LogP contribution in [0.4, 0.5) is 0 Å². The summed E-state index contributed by atoms with van der Waals surface area (Å²) in [5.41, 5.74) is 2.29. The normalized spacial score (nSPS) is 10.5. The summed E-state index contributed by atoms with van der Waals surface area (Å²) in [6.45, 7) is 3.88. The number of aryl methyl sites for hydroxylation is 1. The van der Waals surface area contributed by atoms with Gasteiger partial charge in [-0.05, 0) is 36.6 Å². The molecule has 1 aromatic heterocycles. The number of hydrogen-bond donors (Lipinski definition) is 0. The number of benzene rings is 1. The summed E-state index contributed by atoms with van der Waals surface area (Å²) in [5, 5.41) is 1.20. The van der Waals surface area contributed by atoms with Gasteiger partial charge in [0.2, 0.25) is 0 Å². The highest BCUT2D eigenvalue weighted by Crippen LogP contribution is 2.22. The molecule has 0 aliphatic rings. The average Bonchev–Trinajstić information content (AvgIpc) is 2.29. The summed E-state index contributed by atoms with van der Waals surface area (Å²) in [6.07, 6.45) is 3.74. The van der Waals surface area contributed by atoms with Gasteiger partial charge in [-0.15, -0.1) is 0 Å². The lowest BCUT2D eigenvalue weighted by Crippen LogP contribution is -1.89. The monoisotopic (exact) mass is 200 g/mol. The maximum Gasteiger partial charge on any atom is 0.121 e. The van der Waals surface area contributed by atoms with E-state index >= 15 is 0 Å². The zero-order chi connectivity index (χ0) is 10.7. The van der Waals surface area contributed by atoms with Crippen LogP contribution in [-0.4, -0.2) is 12.1 Å². The van der Waals surface area contributed by atoms with Gasteiger partial charge < -0.3 is 4.74 Å². The number of hydrogen-bond acceptors (Lipinski definition) is 2. The Kier molecular flexibility index (Phi) is 2.86. The van der Waals surface area contributed by atoms with E-state index in [1.807, 2.05) is 18.3 Å². The Labute approximate surface area is 89.9 Å². The van der Waals surface area contributed by atoms with E-state index in [1.54, 1.807) is 7.11 Å². The van der Waals surface area contributed by atoms with E-state index in [2.05, 4.69) is 24.0 Å². The molecule has 15 heavy (non-hydrogen) atoms. The third-order valence-electron chi connectivity index (χ3n) is 2.49. The predicted molar refractivity (Wildman–Crippen MR) is 62.0 cm³/mol. The van der Waals surface area contributed by atoms with Gasteiger partial charge in [-0.1, -0.05) is 6.92 Å². The lowest BCUT2D eigenvalue weighted by atomic mass is 10.1. The topological polar surface area (TPSA) is 22.1 Å². The van der Waals surface area contributed by atoms with Gasteiger partial charge in [0.1, 0.15) is 5.75 Å². The van der Waals surface area contributed by atoms with E-state index in [-0.39, 0.29) is 0 Å². The second-order valence-electron chi connectivity index (χ2n) is 3.46. The molecular weight excluding hydrogens is 186 g/mol. The van der Waals surface area contributed by atoms with Crippen molar-refractivity contribution >= 4 is 10.9 Å². The minimum atomic E-state index is 0.849. The summed E-state index contributed by atoms with van der Waals surface area (Å²) >= 11 is 0. The molecule has 1 aromatic carbocycles. The molecule has 0 fully saturated rings. The fraction of sp³-hybridized carbons (Fsp3) is 0.231. The number of aromatic nitrogens is 1. The van der Waals surface area contributed by atoms with Crippen molar-refractivity contribution in [2.24, 2.45) is 0 Å². The minimum absolute atomic E-state index is 0.849. The second-order valence-corrected chi connectivity index (χ2v) is 3.46. The van der Waals surface area contributed by atoms with Gasteiger partial charge in [-0.3, -0.25) is 4.98 Å². The van der Waals surface area contributed by atoms with E-state index in [0.29, 0.717) is 0 Å². The smallest absolute Gasteiger partial charge is 0.121 e. The molecule has 2 rings (SSSR count). The van der Waals surface area contributed by atoms with Gasteiger partial charge in [0.15, 0.2) is 0 Å². The largest absolute Gasteiger partial charge is 0.497 e. The SMILES string of the molecule is [CH2]CCc1ccnc2cc(OC)ccc12. The van der Waals surface area contributed by atoms with Crippen molar-refractivity contribution in [2.75, 3.05) is 7.11 Å². The summed E-state index contributed by atoms with van der Waals surface area (Å²) in [5.74, 6) is 0.849.